The molecule has 70 valence electrons. The van der Waals surface area contributed by atoms with Gasteiger partial charge in [-0.15, -0.1) is 0 Å². The molecule has 0 saturated heterocycles. The lowest BCUT2D eigenvalue weighted by Gasteiger charge is -2.22. The van der Waals surface area contributed by atoms with Crippen molar-refractivity contribution in [2.45, 2.75) is 38.0 Å². The zero-order chi connectivity index (χ0) is 9.10. The lowest BCUT2D eigenvalue weighted by atomic mass is 9.84. The molecule has 1 fully saturated rings. The van der Waals surface area contributed by atoms with Crippen molar-refractivity contribution in [3.05, 3.63) is 34.3 Å². The third-order valence-corrected chi connectivity index (χ3v) is 3.67. The Balaban J connectivity index is 2.18. The maximum absolute atomic E-state index is 3.63. The topological polar surface area (TPSA) is 0 Å². The largest absolute Gasteiger partial charge is 0.0619 e. The lowest BCUT2D eigenvalue weighted by Crippen LogP contribution is -2.04. The first-order valence-corrected chi connectivity index (χ1v) is 5.91. The second kappa shape index (κ2) is 4.28. The molecule has 0 atom stereocenters. The zero-order valence-electron chi connectivity index (χ0n) is 7.80. The van der Waals surface area contributed by atoms with E-state index in [0.717, 1.165) is 5.92 Å². The predicted octanol–water partition coefficient (Wildman–Crippen LogP) is 4.50. The number of halogens is 1. The molecule has 1 aliphatic rings. The van der Waals surface area contributed by atoms with Crippen LogP contribution in [0.3, 0.4) is 0 Å². The van der Waals surface area contributed by atoms with Crippen LogP contribution in [0.15, 0.2) is 28.7 Å². The molecule has 1 saturated carbocycles. The molecule has 0 nitrogen and oxygen atoms in total. The van der Waals surface area contributed by atoms with Crippen molar-refractivity contribution >= 4 is 15.9 Å². The molecule has 0 unspecified atom stereocenters. The summed E-state index contributed by atoms with van der Waals surface area (Å²) >= 11 is 3.63. The molecule has 0 spiro atoms. The van der Waals surface area contributed by atoms with Crippen LogP contribution in [0.2, 0.25) is 0 Å². The van der Waals surface area contributed by atoms with E-state index in [4.69, 9.17) is 0 Å². The summed E-state index contributed by atoms with van der Waals surface area (Å²) in [7, 11) is 0. The summed E-state index contributed by atoms with van der Waals surface area (Å²) in [5.74, 6) is 0.810. The van der Waals surface area contributed by atoms with E-state index in [1.165, 1.54) is 42.1 Å². The summed E-state index contributed by atoms with van der Waals surface area (Å²) in [6.45, 7) is 0. The molecule has 1 aromatic rings. The van der Waals surface area contributed by atoms with Crippen molar-refractivity contribution in [1.82, 2.24) is 0 Å². The Labute approximate surface area is 88.5 Å². The molecular weight excluding hydrogens is 224 g/mol. The molecule has 1 heteroatoms. The minimum Gasteiger partial charge on any atom is -0.0619 e. The fourth-order valence-corrected chi connectivity index (χ4v) is 2.83. The van der Waals surface area contributed by atoms with Crippen molar-refractivity contribution in [3.8, 4) is 0 Å². The van der Waals surface area contributed by atoms with Crippen molar-refractivity contribution < 1.29 is 0 Å². The highest BCUT2D eigenvalue weighted by atomic mass is 79.9. The first-order chi connectivity index (χ1) is 6.38. The molecule has 0 heterocycles. The van der Waals surface area contributed by atoms with Gasteiger partial charge in [0.05, 0.1) is 0 Å². The zero-order valence-corrected chi connectivity index (χ0v) is 9.39. The average molecular weight is 239 g/mol. The number of hydrogen-bond donors (Lipinski definition) is 0. The summed E-state index contributed by atoms with van der Waals surface area (Å²) < 4.78 is 1.29. The molecule has 13 heavy (non-hydrogen) atoms. The lowest BCUT2D eigenvalue weighted by molar-refractivity contribution is 0.442. The molecule has 0 aliphatic heterocycles. The highest BCUT2D eigenvalue weighted by Crippen LogP contribution is 2.35. The van der Waals surface area contributed by atoms with E-state index in [-0.39, 0.29) is 0 Å². The highest BCUT2D eigenvalue weighted by Gasteiger charge is 2.16. The monoisotopic (exact) mass is 238 g/mol. The van der Waals surface area contributed by atoms with E-state index < -0.39 is 0 Å². The Morgan fingerprint density at radius 1 is 1.00 bits per heavy atom. The summed E-state index contributed by atoms with van der Waals surface area (Å²) in [5.41, 5.74) is 1.52. The van der Waals surface area contributed by atoms with Crippen LogP contribution in [0, 0.1) is 0 Å². The molecular formula is C12H15Br. The molecule has 1 aliphatic carbocycles. The van der Waals surface area contributed by atoms with Gasteiger partial charge in [-0.2, -0.15) is 0 Å². The molecule has 2 rings (SSSR count). The van der Waals surface area contributed by atoms with Gasteiger partial charge in [0.25, 0.3) is 0 Å². The molecule has 1 aromatic carbocycles. The average Bonchev–Trinajstić information content (AvgIpc) is 2.20. The van der Waals surface area contributed by atoms with E-state index in [1.54, 1.807) is 0 Å². The maximum Gasteiger partial charge on any atom is 0.0210 e. The van der Waals surface area contributed by atoms with Crippen LogP contribution in [-0.2, 0) is 0 Å². The van der Waals surface area contributed by atoms with Gasteiger partial charge in [-0.25, -0.2) is 0 Å². The molecule has 0 amide bonds. The van der Waals surface area contributed by atoms with E-state index >= 15 is 0 Å². The smallest absolute Gasteiger partial charge is 0.0210 e. The fraction of sp³-hybridized carbons (Fsp3) is 0.500. The van der Waals surface area contributed by atoms with Gasteiger partial charge >= 0.3 is 0 Å². The van der Waals surface area contributed by atoms with Crippen LogP contribution in [0.1, 0.15) is 43.6 Å². The van der Waals surface area contributed by atoms with Crippen LogP contribution in [0.4, 0.5) is 0 Å². The second-order valence-electron chi connectivity index (χ2n) is 3.86. The Morgan fingerprint density at radius 2 is 1.69 bits per heavy atom. The van der Waals surface area contributed by atoms with Crippen molar-refractivity contribution in [3.63, 3.8) is 0 Å². The summed E-state index contributed by atoms with van der Waals surface area (Å²) in [6.07, 6.45) is 7.00. The number of rotatable bonds is 1. The summed E-state index contributed by atoms with van der Waals surface area (Å²) in [6, 6.07) is 8.66. The van der Waals surface area contributed by atoms with Gasteiger partial charge in [0.2, 0.25) is 0 Å². The molecule has 0 bridgehead atoms. The van der Waals surface area contributed by atoms with E-state index in [1.807, 2.05) is 0 Å². The third-order valence-electron chi connectivity index (χ3n) is 2.95. The van der Waals surface area contributed by atoms with Crippen LogP contribution < -0.4 is 0 Å². The van der Waals surface area contributed by atoms with Crippen LogP contribution >= 0.6 is 15.9 Å². The minimum atomic E-state index is 0.810. The number of hydrogen-bond acceptors (Lipinski definition) is 0. The first-order valence-electron chi connectivity index (χ1n) is 5.12. The van der Waals surface area contributed by atoms with Crippen LogP contribution in [0.5, 0.6) is 0 Å². The van der Waals surface area contributed by atoms with Gasteiger partial charge < -0.3 is 0 Å². The minimum absolute atomic E-state index is 0.810. The van der Waals surface area contributed by atoms with E-state index in [9.17, 15) is 0 Å². The van der Waals surface area contributed by atoms with Gasteiger partial charge in [0.1, 0.15) is 0 Å². The van der Waals surface area contributed by atoms with E-state index in [2.05, 4.69) is 40.2 Å². The van der Waals surface area contributed by atoms with Gasteiger partial charge in [-0.3, -0.25) is 0 Å². The standard InChI is InChI=1S/C12H15Br/c13-12-9-5-4-8-11(12)10-6-2-1-3-7-10/h4-5,8-10H,1-3,6-7H2. The Bertz CT molecular complexity index is 274. The molecule has 0 aromatic heterocycles. The van der Waals surface area contributed by atoms with Crippen molar-refractivity contribution in [1.29, 1.82) is 0 Å². The van der Waals surface area contributed by atoms with Gasteiger partial charge in [0.15, 0.2) is 0 Å². The van der Waals surface area contributed by atoms with Gasteiger partial charge in [0, 0.05) is 4.47 Å². The summed E-state index contributed by atoms with van der Waals surface area (Å²) in [5, 5.41) is 0. The van der Waals surface area contributed by atoms with Gasteiger partial charge in [-0.05, 0) is 30.4 Å². The Hall–Kier alpha value is -0.300. The van der Waals surface area contributed by atoms with Gasteiger partial charge in [-0.1, -0.05) is 53.4 Å². The quantitative estimate of drug-likeness (QED) is 0.677. The van der Waals surface area contributed by atoms with E-state index in [0.29, 0.717) is 0 Å². The molecule has 0 N–H and O–H groups in total. The number of benzene rings is 1. The van der Waals surface area contributed by atoms with Crippen LogP contribution in [0.25, 0.3) is 0 Å². The molecule has 0 radical (unpaired) electrons. The maximum atomic E-state index is 3.63. The Morgan fingerprint density at radius 3 is 2.38 bits per heavy atom. The van der Waals surface area contributed by atoms with Crippen molar-refractivity contribution in [2.75, 3.05) is 0 Å². The van der Waals surface area contributed by atoms with Crippen molar-refractivity contribution in [2.24, 2.45) is 0 Å². The summed E-state index contributed by atoms with van der Waals surface area (Å²) in [4.78, 5) is 0. The highest BCUT2D eigenvalue weighted by molar-refractivity contribution is 9.10. The SMILES string of the molecule is Brc1ccccc1C1CCCCC1. The normalized spacial score (nSPS) is 18.8. The second-order valence-corrected chi connectivity index (χ2v) is 4.71. The predicted molar refractivity (Wildman–Crippen MR) is 60.0 cm³/mol. The fourth-order valence-electron chi connectivity index (χ4n) is 2.22. The van der Waals surface area contributed by atoms with Crippen LogP contribution in [-0.4, -0.2) is 0 Å². The third kappa shape index (κ3) is 2.14. The first kappa shape index (κ1) is 9.26. The Kier molecular flexibility index (Phi) is 3.05.